The van der Waals surface area contributed by atoms with E-state index in [0.717, 1.165) is 38.7 Å². The Balaban J connectivity index is 1.45. The summed E-state index contributed by atoms with van der Waals surface area (Å²) in [4.78, 5) is 28.8. The van der Waals surface area contributed by atoms with Crippen LogP contribution in [0.25, 0.3) is 67.7 Å². The molecular weight excluding hydrogens is 492 g/mol. The minimum atomic E-state index is 0.474. The second-order valence-electron chi connectivity index (χ2n) is 9.30. The lowest BCUT2D eigenvalue weighted by molar-refractivity contribution is 1.05. The van der Waals surface area contributed by atoms with Crippen molar-refractivity contribution in [3.63, 3.8) is 0 Å². The molecule has 0 radical (unpaired) electrons. The number of nitrogens with zero attached hydrogens (tertiary/aromatic N) is 6. The summed E-state index contributed by atoms with van der Waals surface area (Å²) in [6, 6.07) is 40.2. The molecule has 0 saturated carbocycles. The van der Waals surface area contributed by atoms with Gasteiger partial charge in [-0.1, -0.05) is 97.1 Å². The third kappa shape index (κ3) is 4.70. The molecule has 0 unspecified atom stereocenters. The first-order valence-electron chi connectivity index (χ1n) is 13.0. The Morgan fingerprint density at radius 1 is 0.350 bits per heavy atom. The molecule has 0 fully saturated rings. The molecule has 6 heteroatoms. The van der Waals surface area contributed by atoms with E-state index >= 15 is 0 Å². The van der Waals surface area contributed by atoms with Crippen LogP contribution in [-0.4, -0.2) is 29.9 Å². The minimum absolute atomic E-state index is 0.474. The molecule has 4 aromatic carbocycles. The van der Waals surface area contributed by atoms with Crippen molar-refractivity contribution >= 4 is 10.8 Å². The predicted molar refractivity (Wildman–Crippen MR) is 158 cm³/mol. The molecule has 188 valence electrons. The summed E-state index contributed by atoms with van der Waals surface area (Å²) in [5.41, 5.74) is 4.94. The van der Waals surface area contributed by atoms with Gasteiger partial charge >= 0.3 is 0 Å². The van der Waals surface area contributed by atoms with Gasteiger partial charge in [0.25, 0.3) is 0 Å². The Morgan fingerprint density at radius 3 is 1.62 bits per heavy atom. The van der Waals surface area contributed by atoms with Gasteiger partial charge in [-0.3, -0.25) is 4.98 Å². The van der Waals surface area contributed by atoms with Crippen LogP contribution in [0.1, 0.15) is 0 Å². The van der Waals surface area contributed by atoms with Crippen LogP contribution in [0.3, 0.4) is 0 Å². The van der Waals surface area contributed by atoms with Crippen molar-refractivity contribution in [3.05, 3.63) is 134 Å². The molecule has 40 heavy (non-hydrogen) atoms. The number of aromatic nitrogens is 6. The van der Waals surface area contributed by atoms with Gasteiger partial charge < -0.3 is 0 Å². The highest BCUT2D eigenvalue weighted by atomic mass is 15.1. The van der Waals surface area contributed by atoms with Crippen LogP contribution >= 0.6 is 0 Å². The minimum Gasteiger partial charge on any atom is -0.264 e. The molecular formula is C34H22N6. The maximum Gasteiger partial charge on any atom is 0.182 e. The smallest absolute Gasteiger partial charge is 0.182 e. The van der Waals surface area contributed by atoms with E-state index in [1.165, 1.54) is 0 Å². The topological polar surface area (TPSA) is 77.3 Å². The summed E-state index contributed by atoms with van der Waals surface area (Å²) in [5.74, 6) is 2.22. The van der Waals surface area contributed by atoms with Crippen molar-refractivity contribution in [1.82, 2.24) is 29.9 Å². The van der Waals surface area contributed by atoms with Crippen molar-refractivity contribution in [2.75, 3.05) is 0 Å². The summed E-state index contributed by atoms with van der Waals surface area (Å²) in [6.45, 7) is 0. The highest BCUT2D eigenvalue weighted by molar-refractivity contribution is 5.86. The summed E-state index contributed by atoms with van der Waals surface area (Å²) >= 11 is 0. The first kappa shape index (κ1) is 23.5. The van der Waals surface area contributed by atoms with Crippen LogP contribution in [0.2, 0.25) is 0 Å². The average Bonchev–Trinajstić information content (AvgIpc) is 3.05. The highest BCUT2D eigenvalue weighted by Crippen LogP contribution is 2.29. The standard InChI is InChI=1S/C34H22N6/c1-3-11-24(12-4-1)31-36-29(28-16-9-19-35-22-28)21-30(37-31)34-39-32(25-13-5-2-6-14-25)38-33(40-34)27-18-17-23-10-7-8-15-26(23)20-27/h1-22H. The number of benzene rings is 4. The largest absolute Gasteiger partial charge is 0.264 e. The second-order valence-corrected chi connectivity index (χ2v) is 9.30. The molecule has 7 rings (SSSR count). The maximum absolute atomic E-state index is 4.95. The van der Waals surface area contributed by atoms with Gasteiger partial charge in [-0.15, -0.1) is 0 Å². The zero-order chi connectivity index (χ0) is 26.7. The van der Waals surface area contributed by atoms with Crippen LogP contribution in [-0.2, 0) is 0 Å². The van der Waals surface area contributed by atoms with Crippen LogP contribution in [0.4, 0.5) is 0 Å². The van der Waals surface area contributed by atoms with E-state index in [2.05, 4.69) is 29.2 Å². The fourth-order valence-corrected chi connectivity index (χ4v) is 4.60. The van der Waals surface area contributed by atoms with Crippen molar-refractivity contribution in [3.8, 4) is 56.9 Å². The Morgan fingerprint density at radius 2 is 0.925 bits per heavy atom. The SMILES string of the molecule is c1ccc(-c2nc(-c3cccnc3)cc(-c3nc(-c4ccccc4)nc(-c4ccc5ccccc5c4)n3)n2)cc1. The van der Waals surface area contributed by atoms with Gasteiger partial charge in [-0.25, -0.2) is 24.9 Å². The Hall–Kier alpha value is -5.62. The fraction of sp³-hybridized carbons (Fsp3) is 0. The number of fused-ring (bicyclic) bond motifs is 1. The van der Waals surface area contributed by atoms with Crippen LogP contribution in [0, 0.1) is 0 Å². The van der Waals surface area contributed by atoms with Gasteiger partial charge in [0.2, 0.25) is 0 Å². The Bertz CT molecular complexity index is 1880. The summed E-state index contributed by atoms with van der Waals surface area (Å²) in [6.07, 6.45) is 3.54. The lowest BCUT2D eigenvalue weighted by Crippen LogP contribution is -2.03. The first-order valence-corrected chi connectivity index (χ1v) is 13.0. The third-order valence-electron chi connectivity index (χ3n) is 6.62. The van der Waals surface area contributed by atoms with Crippen LogP contribution in [0.15, 0.2) is 134 Å². The molecule has 0 bridgehead atoms. The molecule has 0 saturated heterocycles. The molecule has 3 aromatic heterocycles. The first-order chi connectivity index (χ1) is 19.8. The number of hydrogen-bond donors (Lipinski definition) is 0. The zero-order valence-corrected chi connectivity index (χ0v) is 21.4. The Labute approximate surface area is 231 Å². The van der Waals surface area contributed by atoms with E-state index in [0.29, 0.717) is 29.0 Å². The Kier molecular flexibility index (Phi) is 6.03. The van der Waals surface area contributed by atoms with E-state index in [1.54, 1.807) is 12.4 Å². The van der Waals surface area contributed by atoms with Crippen molar-refractivity contribution < 1.29 is 0 Å². The van der Waals surface area contributed by atoms with Crippen molar-refractivity contribution in [2.24, 2.45) is 0 Å². The molecule has 0 N–H and O–H groups in total. The molecule has 0 spiro atoms. The molecule has 0 atom stereocenters. The molecule has 0 aliphatic carbocycles. The summed E-state index contributed by atoms with van der Waals surface area (Å²) < 4.78 is 0. The van der Waals surface area contributed by atoms with E-state index in [4.69, 9.17) is 24.9 Å². The number of rotatable bonds is 5. The fourth-order valence-electron chi connectivity index (χ4n) is 4.60. The van der Waals surface area contributed by atoms with Gasteiger partial charge in [-0.05, 0) is 35.0 Å². The second kappa shape index (κ2) is 10.3. The normalized spacial score (nSPS) is 11.0. The lowest BCUT2D eigenvalue weighted by Gasteiger charge is -2.11. The average molecular weight is 515 g/mol. The molecule has 0 aliphatic heterocycles. The third-order valence-corrected chi connectivity index (χ3v) is 6.62. The lowest BCUT2D eigenvalue weighted by atomic mass is 10.1. The highest BCUT2D eigenvalue weighted by Gasteiger charge is 2.17. The molecule has 7 aromatic rings. The monoisotopic (exact) mass is 514 g/mol. The quantitative estimate of drug-likeness (QED) is 0.236. The molecule has 0 amide bonds. The number of hydrogen-bond acceptors (Lipinski definition) is 6. The van der Waals surface area contributed by atoms with E-state index in [9.17, 15) is 0 Å². The summed E-state index contributed by atoms with van der Waals surface area (Å²) in [7, 11) is 0. The van der Waals surface area contributed by atoms with Crippen LogP contribution < -0.4 is 0 Å². The van der Waals surface area contributed by atoms with Crippen molar-refractivity contribution in [1.29, 1.82) is 0 Å². The maximum atomic E-state index is 4.95. The molecule has 6 nitrogen and oxygen atoms in total. The number of pyridine rings is 1. The van der Waals surface area contributed by atoms with Crippen LogP contribution in [0.5, 0.6) is 0 Å². The van der Waals surface area contributed by atoms with Crippen molar-refractivity contribution in [2.45, 2.75) is 0 Å². The van der Waals surface area contributed by atoms with E-state index < -0.39 is 0 Å². The van der Waals surface area contributed by atoms with Gasteiger partial charge in [0.1, 0.15) is 5.69 Å². The van der Waals surface area contributed by atoms with Gasteiger partial charge in [0.05, 0.1) is 5.69 Å². The molecule has 3 heterocycles. The zero-order valence-electron chi connectivity index (χ0n) is 21.4. The van der Waals surface area contributed by atoms with E-state index in [1.807, 2.05) is 97.1 Å². The van der Waals surface area contributed by atoms with Gasteiger partial charge in [0.15, 0.2) is 23.3 Å². The van der Waals surface area contributed by atoms with Gasteiger partial charge in [0, 0.05) is 34.6 Å². The molecule has 0 aliphatic rings. The predicted octanol–water partition coefficient (Wildman–Crippen LogP) is 7.54. The summed E-state index contributed by atoms with van der Waals surface area (Å²) in [5, 5.41) is 2.28. The van der Waals surface area contributed by atoms with E-state index in [-0.39, 0.29) is 0 Å². The van der Waals surface area contributed by atoms with Gasteiger partial charge in [-0.2, -0.15) is 0 Å².